The quantitative estimate of drug-likeness (QED) is 0.572. The van der Waals surface area contributed by atoms with Gasteiger partial charge in [-0.1, -0.05) is 11.8 Å². The lowest BCUT2D eigenvalue weighted by atomic mass is 10.4. The normalized spacial score (nSPS) is 11.0. The molecule has 0 fully saturated rings. The minimum atomic E-state index is -0.457. The molecule has 124 valence electrons. The molecule has 1 amide bonds. The van der Waals surface area contributed by atoms with E-state index in [2.05, 4.69) is 9.97 Å². The first-order valence-corrected chi connectivity index (χ1v) is 8.07. The van der Waals surface area contributed by atoms with Crippen LogP contribution in [0.2, 0.25) is 0 Å². The zero-order valence-electron chi connectivity index (χ0n) is 13.8. The van der Waals surface area contributed by atoms with Gasteiger partial charge in [-0.15, -0.1) is 0 Å². The molecular weight excluding hydrogens is 318 g/mol. The highest BCUT2D eigenvalue weighted by Crippen LogP contribution is 2.22. The highest BCUT2D eigenvalue weighted by molar-refractivity contribution is 8.00. The Balaban J connectivity index is 2.59. The van der Waals surface area contributed by atoms with Crippen molar-refractivity contribution in [2.75, 3.05) is 19.3 Å². The summed E-state index contributed by atoms with van der Waals surface area (Å²) in [5.74, 6) is 0.560. The van der Waals surface area contributed by atoms with Gasteiger partial charge in [-0.2, -0.15) is 0 Å². The van der Waals surface area contributed by atoms with Gasteiger partial charge in [0, 0.05) is 27.7 Å². The molecule has 2 aromatic rings. The van der Waals surface area contributed by atoms with Gasteiger partial charge in [-0.3, -0.25) is 18.7 Å². The van der Waals surface area contributed by atoms with Crippen LogP contribution < -0.4 is 11.2 Å². The SMILES string of the molecule is CCN(C)C(=O)CSc1nc(C)nc2c1c(=O)n(C)c(=O)n2C. The van der Waals surface area contributed by atoms with Crippen LogP contribution in [0.25, 0.3) is 11.0 Å². The van der Waals surface area contributed by atoms with Crippen LogP contribution in [0.5, 0.6) is 0 Å². The van der Waals surface area contributed by atoms with E-state index < -0.39 is 11.2 Å². The van der Waals surface area contributed by atoms with Crippen molar-refractivity contribution < 1.29 is 4.79 Å². The van der Waals surface area contributed by atoms with Gasteiger partial charge in [0.05, 0.1) is 5.75 Å². The van der Waals surface area contributed by atoms with Crippen molar-refractivity contribution >= 4 is 28.7 Å². The lowest BCUT2D eigenvalue weighted by Crippen LogP contribution is -2.37. The molecule has 8 nitrogen and oxygen atoms in total. The van der Waals surface area contributed by atoms with Gasteiger partial charge in [0.25, 0.3) is 5.56 Å². The predicted octanol–water partition coefficient (Wildman–Crippen LogP) is -0.0940. The summed E-state index contributed by atoms with van der Waals surface area (Å²) in [5, 5.41) is 0.679. The number of carbonyl (C=O) groups is 1. The Morgan fingerprint density at radius 2 is 1.87 bits per heavy atom. The van der Waals surface area contributed by atoms with Crippen molar-refractivity contribution in [2.24, 2.45) is 14.1 Å². The first-order valence-electron chi connectivity index (χ1n) is 7.09. The summed E-state index contributed by atoms with van der Waals surface area (Å²) in [4.78, 5) is 46.5. The number of aryl methyl sites for hydroxylation is 2. The number of hydrogen-bond donors (Lipinski definition) is 0. The van der Waals surface area contributed by atoms with Crippen molar-refractivity contribution in [1.82, 2.24) is 24.0 Å². The monoisotopic (exact) mass is 337 g/mol. The van der Waals surface area contributed by atoms with Gasteiger partial charge in [0.15, 0.2) is 5.65 Å². The molecule has 0 saturated heterocycles. The van der Waals surface area contributed by atoms with E-state index in [0.29, 0.717) is 17.4 Å². The summed E-state index contributed by atoms with van der Waals surface area (Å²) >= 11 is 1.18. The Bertz CT molecular complexity index is 887. The average molecular weight is 337 g/mol. The molecule has 0 aliphatic rings. The van der Waals surface area contributed by atoms with Crippen LogP contribution in [0.1, 0.15) is 12.7 Å². The summed E-state index contributed by atoms with van der Waals surface area (Å²) in [6, 6.07) is 0. The van der Waals surface area contributed by atoms with Crippen molar-refractivity contribution in [3.63, 3.8) is 0 Å². The maximum Gasteiger partial charge on any atom is 0.332 e. The Kier molecular flexibility index (Phi) is 4.88. The minimum Gasteiger partial charge on any atom is -0.345 e. The Hall–Kier alpha value is -2.16. The standard InChI is InChI=1S/C14H19N5O3S/c1-6-17(3)9(20)7-23-12-10-11(15-8(2)16-12)18(4)14(22)19(5)13(10)21/h6-7H2,1-5H3. The maximum absolute atomic E-state index is 12.4. The molecule has 2 rings (SSSR count). The fraction of sp³-hybridized carbons (Fsp3) is 0.500. The minimum absolute atomic E-state index is 0.0523. The lowest BCUT2D eigenvalue weighted by Gasteiger charge is -2.14. The second kappa shape index (κ2) is 6.53. The van der Waals surface area contributed by atoms with E-state index in [-0.39, 0.29) is 22.7 Å². The topological polar surface area (TPSA) is 90.1 Å². The van der Waals surface area contributed by atoms with Crippen molar-refractivity contribution in [3.8, 4) is 0 Å². The summed E-state index contributed by atoms with van der Waals surface area (Å²) < 4.78 is 2.33. The van der Waals surface area contributed by atoms with Gasteiger partial charge >= 0.3 is 5.69 Å². The molecule has 0 aliphatic carbocycles. The van der Waals surface area contributed by atoms with E-state index in [1.807, 2.05) is 6.92 Å². The Morgan fingerprint density at radius 3 is 2.48 bits per heavy atom. The second-order valence-corrected chi connectivity index (χ2v) is 6.14. The van der Waals surface area contributed by atoms with Gasteiger partial charge in [-0.05, 0) is 13.8 Å². The number of fused-ring (bicyclic) bond motifs is 1. The van der Waals surface area contributed by atoms with Crippen LogP contribution in [-0.4, -0.2) is 49.3 Å². The summed E-state index contributed by atoms with van der Waals surface area (Å²) in [6.45, 7) is 4.18. The molecular formula is C14H19N5O3S. The third-order valence-electron chi connectivity index (χ3n) is 3.61. The van der Waals surface area contributed by atoms with E-state index >= 15 is 0 Å². The fourth-order valence-electron chi connectivity index (χ4n) is 2.05. The van der Waals surface area contributed by atoms with Crippen molar-refractivity contribution in [2.45, 2.75) is 18.9 Å². The number of aromatic nitrogens is 4. The summed E-state index contributed by atoms with van der Waals surface area (Å²) in [7, 11) is 4.68. The van der Waals surface area contributed by atoms with Crippen molar-refractivity contribution in [1.29, 1.82) is 0 Å². The highest BCUT2D eigenvalue weighted by Gasteiger charge is 2.17. The third kappa shape index (κ3) is 3.14. The van der Waals surface area contributed by atoms with Crippen LogP contribution >= 0.6 is 11.8 Å². The van der Waals surface area contributed by atoms with E-state index in [4.69, 9.17) is 0 Å². The molecule has 0 atom stereocenters. The first kappa shape index (κ1) is 17.2. The molecule has 0 saturated carbocycles. The number of hydrogen-bond acceptors (Lipinski definition) is 6. The van der Waals surface area contributed by atoms with E-state index in [1.54, 1.807) is 25.9 Å². The molecule has 0 aliphatic heterocycles. The number of nitrogens with zero attached hydrogens (tertiary/aromatic N) is 5. The third-order valence-corrected chi connectivity index (χ3v) is 4.57. The molecule has 2 heterocycles. The highest BCUT2D eigenvalue weighted by atomic mass is 32.2. The Morgan fingerprint density at radius 1 is 1.22 bits per heavy atom. The van der Waals surface area contributed by atoms with Gasteiger partial charge < -0.3 is 4.90 Å². The van der Waals surface area contributed by atoms with Crippen LogP contribution in [0, 0.1) is 6.92 Å². The molecule has 9 heteroatoms. The Labute approximate surface area is 137 Å². The number of rotatable bonds is 4. The van der Waals surface area contributed by atoms with Crippen LogP contribution in [-0.2, 0) is 18.9 Å². The smallest absolute Gasteiger partial charge is 0.332 e. The number of carbonyl (C=O) groups excluding carboxylic acids is 1. The second-order valence-electron chi connectivity index (χ2n) is 5.18. The molecule has 0 bridgehead atoms. The molecule has 23 heavy (non-hydrogen) atoms. The van der Waals surface area contributed by atoms with Crippen LogP contribution in [0.3, 0.4) is 0 Å². The maximum atomic E-state index is 12.4. The molecule has 0 radical (unpaired) electrons. The van der Waals surface area contributed by atoms with E-state index in [9.17, 15) is 14.4 Å². The summed E-state index contributed by atoms with van der Waals surface area (Å²) in [6.07, 6.45) is 0. The average Bonchev–Trinajstić information content (AvgIpc) is 2.54. The zero-order valence-corrected chi connectivity index (χ0v) is 14.6. The molecule has 0 unspecified atom stereocenters. The lowest BCUT2D eigenvalue weighted by molar-refractivity contribution is -0.126. The van der Waals surface area contributed by atoms with E-state index in [0.717, 1.165) is 4.57 Å². The van der Waals surface area contributed by atoms with Gasteiger partial charge in [0.1, 0.15) is 16.2 Å². The zero-order chi connectivity index (χ0) is 17.3. The molecule has 0 spiro atoms. The number of amides is 1. The number of thioether (sulfide) groups is 1. The van der Waals surface area contributed by atoms with Crippen LogP contribution in [0.4, 0.5) is 0 Å². The summed E-state index contributed by atoms with van der Waals surface area (Å²) in [5.41, 5.74) is -0.621. The van der Waals surface area contributed by atoms with Crippen LogP contribution in [0.15, 0.2) is 14.6 Å². The molecule has 0 N–H and O–H groups in total. The predicted molar refractivity (Wildman–Crippen MR) is 88.8 cm³/mol. The molecule has 2 aromatic heterocycles. The fourth-order valence-corrected chi connectivity index (χ4v) is 3.05. The van der Waals surface area contributed by atoms with Gasteiger partial charge in [-0.25, -0.2) is 14.8 Å². The van der Waals surface area contributed by atoms with Gasteiger partial charge in [0.2, 0.25) is 5.91 Å². The first-order chi connectivity index (χ1) is 10.8. The largest absolute Gasteiger partial charge is 0.345 e. The van der Waals surface area contributed by atoms with Crippen molar-refractivity contribution in [3.05, 3.63) is 26.7 Å². The molecule has 0 aromatic carbocycles. The van der Waals surface area contributed by atoms with E-state index in [1.165, 1.54) is 23.4 Å².